The molecule has 0 aliphatic carbocycles. The van der Waals surface area contributed by atoms with Crippen molar-refractivity contribution in [3.63, 3.8) is 0 Å². The number of hydrogen-bond acceptors (Lipinski definition) is 6. The second kappa shape index (κ2) is 7.64. The molecule has 0 radical (unpaired) electrons. The van der Waals surface area contributed by atoms with Gasteiger partial charge in [-0.2, -0.15) is 5.10 Å². The van der Waals surface area contributed by atoms with E-state index in [1.54, 1.807) is 16.5 Å². The van der Waals surface area contributed by atoms with Gasteiger partial charge in [-0.15, -0.1) is 0 Å². The molecular formula is C19H26N4O4. The molecule has 8 nitrogen and oxygen atoms in total. The van der Waals surface area contributed by atoms with Crippen molar-refractivity contribution in [2.45, 2.75) is 53.2 Å². The molecule has 1 fully saturated rings. The fourth-order valence-corrected chi connectivity index (χ4v) is 3.81. The molecule has 3 heterocycles. The Kier molecular flexibility index (Phi) is 5.46. The highest BCUT2D eigenvalue weighted by Gasteiger charge is 2.34. The lowest BCUT2D eigenvalue weighted by Gasteiger charge is -2.16. The Balaban J connectivity index is 1.57. The SMILES string of the molecule is CC(=O)c1c(C)nn(CCC(=O)N2C[C@@H](Cc3cc(C)no3)[C@@H](O)C2)c1C. The predicted molar refractivity (Wildman–Crippen MR) is 97.3 cm³/mol. The Morgan fingerprint density at radius 2 is 2.04 bits per heavy atom. The van der Waals surface area contributed by atoms with Crippen molar-refractivity contribution in [3.05, 3.63) is 34.5 Å². The largest absolute Gasteiger partial charge is 0.391 e. The molecule has 0 bridgehead atoms. The summed E-state index contributed by atoms with van der Waals surface area (Å²) in [4.78, 5) is 26.0. The van der Waals surface area contributed by atoms with Gasteiger partial charge in [0.2, 0.25) is 5.91 Å². The molecule has 1 N–H and O–H groups in total. The highest BCUT2D eigenvalue weighted by molar-refractivity contribution is 5.96. The van der Waals surface area contributed by atoms with Crippen LogP contribution < -0.4 is 0 Å². The number of carbonyl (C=O) groups excluding carboxylic acids is 2. The molecule has 1 saturated heterocycles. The smallest absolute Gasteiger partial charge is 0.224 e. The third-order valence-corrected chi connectivity index (χ3v) is 5.17. The second-order valence-corrected chi connectivity index (χ2v) is 7.34. The molecule has 2 aromatic heterocycles. The van der Waals surface area contributed by atoms with Gasteiger partial charge in [0.1, 0.15) is 5.76 Å². The van der Waals surface area contributed by atoms with Gasteiger partial charge < -0.3 is 14.5 Å². The molecule has 1 aliphatic heterocycles. The number of carbonyl (C=O) groups is 2. The Hall–Kier alpha value is -2.48. The summed E-state index contributed by atoms with van der Waals surface area (Å²) >= 11 is 0. The van der Waals surface area contributed by atoms with Crippen LogP contribution in [0.4, 0.5) is 0 Å². The fourth-order valence-electron chi connectivity index (χ4n) is 3.81. The van der Waals surface area contributed by atoms with E-state index in [1.807, 2.05) is 19.9 Å². The van der Waals surface area contributed by atoms with Gasteiger partial charge in [0.25, 0.3) is 0 Å². The van der Waals surface area contributed by atoms with Crippen LogP contribution in [0, 0.1) is 26.7 Å². The van der Waals surface area contributed by atoms with E-state index in [0.29, 0.717) is 37.3 Å². The third kappa shape index (κ3) is 4.10. The lowest BCUT2D eigenvalue weighted by Crippen LogP contribution is -2.30. The zero-order valence-corrected chi connectivity index (χ0v) is 16.2. The molecule has 1 aliphatic rings. The van der Waals surface area contributed by atoms with Crippen LogP contribution in [0.3, 0.4) is 0 Å². The molecule has 0 aromatic carbocycles. The highest BCUT2D eigenvalue weighted by Crippen LogP contribution is 2.23. The molecule has 0 unspecified atom stereocenters. The summed E-state index contributed by atoms with van der Waals surface area (Å²) in [5.74, 6) is 0.627. The molecule has 27 heavy (non-hydrogen) atoms. The van der Waals surface area contributed by atoms with Gasteiger partial charge >= 0.3 is 0 Å². The monoisotopic (exact) mass is 374 g/mol. The number of aliphatic hydroxyl groups excluding tert-OH is 1. The van der Waals surface area contributed by atoms with Crippen molar-refractivity contribution in [1.29, 1.82) is 0 Å². The molecule has 0 saturated carbocycles. The molecular weight excluding hydrogens is 348 g/mol. The number of hydrogen-bond donors (Lipinski definition) is 1. The number of likely N-dealkylation sites (tertiary alicyclic amines) is 1. The van der Waals surface area contributed by atoms with Crippen LogP contribution in [0.25, 0.3) is 0 Å². The zero-order valence-electron chi connectivity index (χ0n) is 16.2. The first-order chi connectivity index (χ1) is 12.8. The van der Waals surface area contributed by atoms with E-state index < -0.39 is 6.10 Å². The minimum atomic E-state index is -0.572. The number of ketones is 1. The highest BCUT2D eigenvalue weighted by atomic mass is 16.5. The van der Waals surface area contributed by atoms with Gasteiger partial charge in [-0.3, -0.25) is 14.3 Å². The van der Waals surface area contributed by atoms with Crippen molar-refractivity contribution >= 4 is 11.7 Å². The normalized spacial score (nSPS) is 19.7. The maximum Gasteiger partial charge on any atom is 0.224 e. The maximum atomic E-state index is 12.6. The van der Waals surface area contributed by atoms with E-state index in [2.05, 4.69) is 10.3 Å². The molecule has 3 rings (SSSR count). The standard InChI is InChI=1S/C19H26N4O4/c1-11-7-16(27-21-11)8-15-9-22(10-17(15)25)18(26)5-6-23-13(3)19(14(4)24)12(2)20-23/h7,15,17,25H,5-6,8-10H2,1-4H3/t15-,17+/m1/s1. The van der Waals surface area contributed by atoms with Crippen molar-refractivity contribution < 1.29 is 19.2 Å². The van der Waals surface area contributed by atoms with Crippen LogP contribution in [-0.4, -0.2) is 55.8 Å². The molecule has 8 heteroatoms. The Labute approximate surface area is 158 Å². The number of aromatic nitrogens is 3. The minimum Gasteiger partial charge on any atom is -0.391 e. The van der Waals surface area contributed by atoms with Crippen LogP contribution >= 0.6 is 0 Å². The first kappa shape index (κ1) is 19.3. The molecule has 2 atom stereocenters. The lowest BCUT2D eigenvalue weighted by atomic mass is 10.0. The number of β-amino-alcohol motifs (C(OH)–C–C–N with tert-alkyl or cyclic N) is 1. The third-order valence-electron chi connectivity index (χ3n) is 5.17. The molecule has 1 amide bonds. The van der Waals surface area contributed by atoms with Crippen molar-refractivity contribution in [3.8, 4) is 0 Å². The van der Waals surface area contributed by atoms with Crippen molar-refractivity contribution in [2.75, 3.05) is 13.1 Å². The van der Waals surface area contributed by atoms with Gasteiger partial charge in [-0.1, -0.05) is 5.16 Å². The second-order valence-electron chi connectivity index (χ2n) is 7.34. The van der Waals surface area contributed by atoms with Crippen LogP contribution in [0.15, 0.2) is 10.6 Å². The maximum absolute atomic E-state index is 12.6. The number of aryl methyl sites for hydroxylation is 3. The fraction of sp³-hybridized carbons (Fsp3) is 0.579. The van der Waals surface area contributed by atoms with Crippen molar-refractivity contribution in [1.82, 2.24) is 19.8 Å². The van der Waals surface area contributed by atoms with E-state index in [-0.39, 0.29) is 24.0 Å². The van der Waals surface area contributed by atoms with Crippen molar-refractivity contribution in [2.24, 2.45) is 5.92 Å². The van der Waals surface area contributed by atoms with Crippen LogP contribution in [-0.2, 0) is 17.8 Å². The molecule has 0 spiro atoms. The quantitative estimate of drug-likeness (QED) is 0.768. The van der Waals surface area contributed by atoms with E-state index in [4.69, 9.17) is 4.52 Å². The molecule has 2 aromatic rings. The number of aliphatic hydroxyl groups is 1. The summed E-state index contributed by atoms with van der Waals surface area (Å²) in [5.41, 5.74) is 2.90. The van der Waals surface area contributed by atoms with E-state index in [9.17, 15) is 14.7 Å². The summed E-state index contributed by atoms with van der Waals surface area (Å²) in [6.07, 6.45) is 0.267. The average molecular weight is 374 g/mol. The van der Waals surface area contributed by atoms with Gasteiger partial charge in [0, 0.05) is 50.2 Å². The molecule has 146 valence electrons. The van der Waals surface area contributed by atoms with Gasteiger partial charge in [0.05, 0.1) is 23.1 Å². The Morgan fingerprint density at radius 1 is 1.30 bits per heavy atom. The van der Waals surface area contributed by atoms with Gasteiger partial charge in [0.15, 0.2) is 5.78 Å². The topological polar surface area (TPSA) is 101 Å². The van der Waals surface area contributed by atoms with Crippen LogP contribution in [0.5, 0.6) is 0 Å². The summed E-state index contributed by atoms with van der Waals surface area (Å²) in [7, 11) is 0. The summed E-state index contributed by atoms with van der Waals surface area (Å²) in [6.45, 7) is 8.25. The first-order valence-corrected chi connectivity index (χ1v) is 9.19. The number of Topliss-reactive ketones (excluding diaryl/α,β-unsaturated/α-hetero) is 1. The Morgan fingerprint density at radius 3 is 2.63 bits per heavy atom. The minimum absolute atomic E-state index is 0.0178. The van der Waals surface area contributed by atoms with Gasteiger partial charge in [-0.25, -0.2) is 0 Å². The van der Waals surface area contributed by atoms with Crippen LogP contribution in [0.2, 0.25) is 0 Å². The number of amides is 1. The van der Waals surface area contributed by atoms with E-state index in [0.717, 1.165) is 17.1 Å². The first-order valence-electron chi connectivity index (χ1n) is 9.19. The summed E-state index contributed by atoms with van der Waals surface area (Å²) in [5, 5.41) is 18.5. The van der Waals surface area contributed by atoms with E-state index in [1.165, 1.54) is 6.92 Å². The predicted octanol–water partition coefficient (Wildman–Crippen LogP) is 1.45. The Bertz CT molecular complexity index is 854. The lowest BCUT2D eigenvalue weighted by molar-refractivity contribution is -0.130. The average Bonchev–Trinajstić information content (AvgIpc) is 3.24. The number of rotatable bonds is 6. The summed E-state index contributed by atoms with van der Waals surface area (Å²) < 4.78 is 6.93. The number of nitrogens with zero attached hydrogens (tertiary/aromatic N) is 4. The zero-order chi connectivity index (χ0) is 19.7. The van der Waals surface area contributed by atoms with Gasteiger partial charge in [-0.05, 0) is 27.7 Å². The van der Waals surface area contributed by atoms with E-state index >= 15 is 0 Å². The summed E-state index contributed by atoms with van der Waals surface area (Å²) in [6, 6.07) is 1.85. The van der Waals surface area contributed by atoms with Crippen LogP contribution in [0.1, 0.15) is 46.5 Å².